The Labute approximate surface area is 120 Å². The van der Waals surface area contributed by atoms with E-state index in [1.807, 2.05) is 48.7 Å². The molecule has 0 saturated carbocycles. The summed E-state index contributed by atoms with van der Waals surface area (Å²) in [5.41, 5.74) is 2.91. The van der Waals surface area contributed by atoms with Crippen LogP contribution in [0.3, 0.4) is 0 Å². The van der Waals surface area contributed by atoms with Gasteiger partial charge in [-0.3, -0.25) is 10.1 Å². The van der Waals surface area contributed by atoms with Crippen LogP contribution in [0, 0.1) is 6.92 Å². The topological polar surface area (TPSA) is 57.8 Å². The van der Waals surface area contributed by atoms with Crippen LogP contribution in [0.1, 0.15) is 10.4 Å². The minimum absolute atomic E-state index is 0.197. The predicted molar refractivity (Wildman–Crippen MR) is 82.8 cm³/mol. The predicted octanol–water partition coefficient (Wildman–Crippen LogP) is 3.58. The van der Waals surface area contributed by atoms with E-state index in [9.17, 15) is 4.79 Å². The normalized spacial score (nSPS) is 11.2. The van der Waals surface area contributed by atoms with Crippen molar-refractivity contribution in [2.45, 2.75) is 6.92 Å². The lowest BCUT2D eigenvalue weighted by Gasteiger charge is -1.95. The van der Waals surface area contributed by atoms with Crippen LogP contribution in [-0.4, -0.2) is 15.9 Å². The molecule has 0 unspecified atom stereocenters. The fourth-order valence-electron chi connectivity index (χ4n) is 1.88. The van der Waals surface area contributed by atoms with E-state index in [0.29, 0.717) is 5.95 Å². The quantitative estimate of drug-likeness (QED) is 0.722. The molecule has 0 fully saturated rings. The molecule has 1 amide bonds. The SMILES string of the molecule is Cc1ccsc1C=CC(=O)Nc1nc2ccccc2[nH]1. The van der Waals surface area contributed by atoms with Gasteiger partial charge in [-0.2, -0.15) is 0 Å². The smallest absolute Gasteiger partial charge is 0.250 e. The van der Waals surface area contributed by atoms with Crippen molar-refractivity contribution in [3.8, 4) is 0 Å². The molecule has 0 saturated heterocycles. The van der Waals surface area contributed by atoms with Gasteiger partial charge >= 0.3 is 0 Å². The Balaban J connectivity index is 1.72. The summed E-state index contributed by atoms with van der Waals surface area (Å²) in [5.74, 6) is 0.264. The van der Waals surface area contributed by atoms with Gasteiger partial charge in [0.15, 0.2) is 0 Å². The number of fused-ring (bicyclic) bond motifs is 1. The van der Waals surface area contributed by atoms with Gasteiger partial charge in [0.25, 0.3) is 5.91 Å². The summed E-state index contributed by atoms with van der Waals surface area (Å²) < 4.78 is 0. The number of H-pyrrole nitrogens is 1. The third-order valence-corrected chi connectivity index (χ3v) is 3.90. The molecule has 0 aliphatic carbocycles. The first-order valence-corrected chi connectivity index (χ1v) is 7.08. The summed E-state index contributed by atoms with van der Waals surface area (Å²) in [6.45, 7) is 2.02. The van der Waals surface area contributed by atoms with Gasteiger partial charge in [-0.05, 0) is 42.1 Å². The zero-order chi connectivity index (χ0) is 13.9. The second-order valence-corrected chi connectivity index (χ2v) is 5.34. The molecule has 2 N–H and O–H groups in total. The molecular formula is C15H13N3OS. The number of imidazole rings is 1. The van der Waals surface area contributed by atoms with Crippen LogP contribution < -0.4 is 5.32 Å². The molecule has 0 radical (unpaired) electrons. The van der Waals surface area contributed by atoms with Crippen molar-refractivity contribution in [3.63, 3.8) is 0 Å². The molecule has 0 spiro atoms. The summed E-state index contributed by atoms with van der Waals surface area (Å²) in [7, 11) is 0. The lowest BCUT2D eigenvalue weighted by Crippen LogP contribution is -2.08. The Hall–Kier alpha value is -2.40. The molecular weight excluding hydrogens is 270 g/mol. The first-order valence-electron chi connectivity index (χ1n) is 6.20. The van der Waals surface area contributed by atoms with Crippen molar-refractivity contribution in [3.05, 3.63) is 52.2 Å². The Bertz CT molecular complexity index is 752. The highest BCUT2D eigenvalue weighted by Gasteiger charge is 2.04. The highest BCUT2D eigenvalue weighted by Crippen LogP contribution is 2.17. The van der Waals surface area contributed by atoms with Crippen LogP contribution in [0.2, 0.25) is 0 Å². The molecule has 20 heavy (non-hydrogen) atoms. The van der Waals surface area contributed by atoms with Crippen LogP contribution in [0.5, 0.6) is 0 Å². The van der Waals surface area contributed by atoms with Crippen molar-refractivity contribution in [2.24, 2.45) is 0 Å². The largest absolute Gasteiger partial charge is 0.324 e. The van der Waals surface area contributed by atoms with Crippen molar-refractivity contribution in [1.29, 1.82) is 0 Å². The summed E-state index contributed by atoms with van der Waals surface area (Å²) in [6, 6.07) is 9.68. The number of thiophene rings is 1. The zero-order valence-electron chi connectivity index (χ0n) is 10.9. The summed E-state index contributed by atoms with van der Waals surface area (Å²) in [5, 5.41) is 4.73. The number of aryl methyl sites for hydroxylation is 1. The van der Waals surface area contributed by atoms with Crippen molar-refractivity contribution >= 4 is 40.3 Å². The maximum Gasteiger partial charge on any atom is 0.250 e. The average molecular weight is 283 g/mol. The van der Waals surface area contributed by atoms with E-state index >= 15 is 0 Å². The monoisotopic (exact) mass is 283 g/mol. The first-order chi connectivity index (χ1) is 9.72. The maximum atomic E-state index is 11.8. The number of anilines is 1. The van der Waals surface area contributed by atoms with Gasteiger partial charge in [0.05, 0.1) is 11.0 Å². The van der Waals surface area contributed by atoms with E-state index in [1.165, 1.54) is 11.6 Å². The Kier molecular flexibility index (Phi) is 3.35. The number of hydrogen-bond donors (Lipinski definition) is 2. The zero-order valence-corrected chi connectivity index (χ0v) is 11.7. The molecule has 3 aromatic rings. The highest BCUT2D eigenvalue weighted by molar-refractivity contribution is 7.11. The van der Waals surface area contributed by atoms with Crippen molar-refractivity contribution in [2.75, 3.05) is 5.32 Å². The number of aromatic nitrogens is 2. The standard InChI is InChI=1S/C15H13N3OS/c1-10-8-9-20-13(10)6-7-14(19)18-15-16-11-4-2-3-5-12(11)17-15/h2-9H,1H3,(H2,16,17,18,19). The minimum atomic E-state index is -0.197. The molecule has 2 heterocycles. The van der Waals surface area contributed by atoms with E-state index in [-0.39, 0.29) is 5.91 Å². The molecule has 4 nitrogen and oxygen atoms in total. The Morgan fingerprint density at radius 2 is 2.20 bits per heavy atom. The number of nitrogens with zero attached hydrogens (tertiary/aromatic N) is 1. The third kappa shape index (κ3) is 2.62. The minimum Gasteiger partial charge on any atom is -0.324 e. The summed E-state index contributed by atoms with van der Waals surface area (Å²) in [6.07, 6.45) is 3.34. The van der Waals surface area contributed by atoms with E-state index < -0.39 is 0 Å². The second kappa shape index (κ2) is 5.30. The maximum absolute atomic E-state index is 11.8. The third-order valence-electron chi connectivity index (χ3n) is 2.92. The van der Waals surface area contributed by atoms with E-state index in [1.54, 1.807) is 11.3 Å². The number of benzene rings is 1. The van der Waals surface area contributed by atoms with Crippen LogP contribution in [0.15, 0.2) is 41.8 Å². The molecule has 0 aliphatic rings. The second-order valence-electron chi connectivity index (χ2n) is 4.39. The van der Waals surface area contributed by atoms with Crippen molar-refractivity contribution in [1.82, 2.24) is 9.97 Å². The Morgan fingerprint density at radius 1 is 1.35 bits per heavy atom. The molecule has 3 rings (SSSR count). The van der Waals surface area contributed by atoms with Gasteiger partial charge in [-0.15, -0.1) is 11.3 Å². The lowest BCUT2D eigenvalue weighted by molar-refractivity contribution is -0.111. The highest BCUT2D eigenvalue weighted by atomic mass is 32.1. The number of carbonyl (C=O) groups is 1. The number of para-hydroxylation sites is 2. The lowest BCUT2D eigenvalue weighted by atomic mass is 10.3. The molecule has 2 aromatic heterocycles. The average Bonchev–Trinajstić information content (AvgIpc) is 3.01. The molecule has 1 aromatic carbocycles. The number of rotatable bonds is 3. The van der Waals surface area contributed by atoms with Crippen molar-refractivity contribution < 1.29 is 4.79 Å². The number of carbonyl (C=O) groups excluding carboxylic acids is 1. The molecule has 0 aliphatic heterocycles. The number of hydrogen-bond acceptors (Lipinski definition) is 3. The van der Waals surface area contributed by atoms with E-state index in [4.69, 9.17) is 0 Å². The number of amides is 1. The molecule has 100 valence electrons. The summed E-state index contributed by atoms with van der Waals surface area (Å²) in [4.78, 5) is 20.3. The van der Waals surface area contributed by atoms with Crippen LogP contribution in [-0.2, 0) is 4.79 Å². The van der Waals surface area contributed by atoms with Gasteiger partial charge in [-0.25, -0.2) is 4.98 Å². The van der Waals surface area contributed by atoms with Crippen LogP contribution >= 0.6 is 11.3 Å². The van der Waals surface area contributed by atoms with Gasteiger partial charge in [-0.1, -0.05) is 12.1 Å². The Morgan fingerprint density at radius 3 is 2.95 bits per heavy atom. The molecule has 0 atom stereocenters. The van der Waals surface area contributed by atoms with Gasteiger partial charge in [0, 0.05) is 11.0 Å². The fourth-order valence-corrected chi connectivity index (χ4v) is 2.70. The number of aromatic amines is 1. The molecule has 0 bridgehead atoms. The number of nitrogens with one attached hydrogen (secondary N) is 2. The van der Waals surface area contributed by atoms with Gasteiger partial charge in [0.2, 0.25) is 5.95 Å². The van der Waals surface area contributed by atoms with Gasteiger partial charge < -0.3 is 4.98 Å². The molecule has 5 heteroatoms. The van der Waals surface area contributed by atoms with Crippen LogP contribution in [0.4, 0.5) is 5.95 Å². The van der Waals surface area contributed by atoms with E-state index in [0.717, 1.165) is 15.9 Å². The van der Waals surface area contributed by atoms with Crippen LogP contribution in [0.25, 0.3) is 17.1 Å². The van der Waals surface area contributed by atoms with Gasteiger partial charge in [0.1, 0.15) is 0 Å². The summed E-state index contributed by atoms with van der Waals surface area (Å²) >= 11 is 1.61. The van der Waals surface area contributed by atoms with E-state index in [2.05, 4.69) is 15.3 Å². The fraction of sp³-hybridized carbons (Fsp3) is 0.0667. The first kappa shape index (κ1) is 12.6.